The van der Waals surface area contributed by atoms with E-state index in [1.54, 1.807) is 12.4 Å². The number of hydrogen-bond acceptors (Lipinski definition) is 3. The lowest BCUT2D eigenvalue weighted by atomic mass is 10.4. The molecule has 2 rings (SSSR count). The summed E-state index contributed by atoms with van der Waals surface area (Å²) in [5, 5.41) is 2.68. The Kier molecular flexibility index (Phi) is 2.95. The van der Waals surface area contributed by atoms with Gasteiger partial charge in [0, 0.05) is 25.9 Å². The fraction of sp³-hybridized carbons (Fsp3) is 0.182. The highest BCUT2D eigenvalue weighted by Crippen LogP contribution is 2.04. The number of imidazole rings is 1. The topological polar surface area (TPSA) is 59.3 Å². The van der Waals surface area contributed by atoms with Crippen LogP contribution in [0, 0.1) is 0 Å². The van der Waals surface area contributed by atoms with Crippen molar-refractivity contribution in [2.75, 3.05) is 6.54 Å². The van der Waals surface area contributed by atoms with Gasteiger partial charge in [0.05, 0.1) is 11.9 Å². The lowest BCUT2D eigenvalue weighted by molar-refractivity contribution is -0.118. The molecule has 0 aromatic carbocycles. The number of fused-ring (bicyclic) bond motifs is 1. The molecule has 0 aliphatic carbocycles. The maximum absolute atomic E-state index is 10.6. The van der Waals surface area contributed by atoms with Gasteiger partial charge in [-0.3, -0.25) is 9.20 Å². The molecule has 2 aromatic rings. The molecule has 0 bridgehead atoms. The Balaban J connectivity index is 2.12. The van der Waals surface area contributed by atoms with Crippen LogP contribution in [0.25, 0.3) is 11.9 Å². The molecule has 0 atom stereocenters. The van der Waals surface area contributed by atoms with Crippen LogP contribution in [0.3, 0.4) is 0 Å². The zero-order valence-electron chi connectivity index (χ0n) is 8.92. The van der Waals surface area contributed by atoms with Crippen molar-refractivity contribution in [1.82, 2.24) is 19.7 Å². The molecule has 16 heavy (non-hydrogen) atoms. The molecule has 0 aliphatic heterocycles. The van der Waals surface area contributed by atoms with E-state index in [0.29, 0.717) is 12.3 Å². The number of rotatable bonds is 3. The maximum atomic E-state index is 10.6. The van der Waals surface area contributed by atoms with Crippen molar-refractivity contribution in [3.05, 3.63) is 36.4 Å². The number of nitrogens with one attached hydrogen (secondary N) is 1. The molecule has 0 saturated heterocycles. The third-order valence-corrected chi connectivity index (χ3v) is 2.07. The summed E-state index contributed by atoms with van der Waals surface area (Å²) in [7, 11) is 0. The Hall–Kier alpha value is -2.17. The van der Waals surface area contributed by atoms with Gasteiger partial charge in [0.1, 0.15) is 0 Å². The molecule has 5 nitrogen and oxygen atoms in total. The summed E-state index contributed by atoms with van der Waals surface area (Å²) in [4.78, 5) is 18.9. The van der Waals surface area contributed by atoms with E-state index in [1.165, 1.54) is 6.92 Å². The highest BCUT2D eigenvalue weighted by atomic mass is 16.1. The highest BCUT2D eigenvalue weighted by molar-refractivity contribution is 5.73. The number of carbonyl (C=O) groups is 1. The van der Waals surface area contributed by atoms with Crippen LogP contribution in [0.2, 0.25) is 0 Å². The van der Waals surface area contributed by atoms with Crippen LogP contribution >= 0.6 is 0 Å². The molecule has 0 unspecified atom stereocenters. The Morgan fingerprint density at radius 1 is 1.56 bits per heavy atom. The molecule has 0 aliphatic rings. The number of nitrogens with zero attached hydrogens (tertiary/aromatic N) is 3. The van der Waals surface area contributed by atoms with Crippen LogP contribution in [-0.2, 0) is 4.79 Å². The van der Waals surface area contributed by atoms with Crippen molar-refractivity contribution in [2.45, 2.75) is 6.92 Å². The van der Waals surface area contributed by atoms with Crippen LogP contribution < -0.4 is 5.32 Å². The first-order chi connectivity index (χ1) is 7.77. The molecular weight excluding hydrogens is 204 g/mol. The van der Waals surface area contributed by atoms with Crippen LogP contribution in [-0.4, -0.2) is 26.8 Å². The third kappa shape index (κ3) is 2.25. The summed E-state index contributed by atoms with van der Waals surface area (Å²) < 4.78 is 1.88. The Labute approximate surface area is 92.8 Å². The normalized spacial score (nSPS) is 11.1. The largest absolute Gasteiger partial charge is 0.353 e. The van der Waals surface area contributed by atoms with Crippen LogP contribution in [0.5, 0.6) is 0 Å². The number of amides is 1. The molecule has 82 valence electrons. The predicted molar refractivity (Wildman–Crippen MR) is 60.7 cm³/mol. The van der Waals surface area contributed by atoms with Gasteiger partial charge >= 0.3 is 0 Å². The molecule has 0 saturated carbocycles. The van der Waals surface area contributed by atoms with Crippen molar-refractivity contribution in [2.24, 2.45) is 0 Å². The molecule has 0 radical (unpaired) electrons. The molecule has 0 fully saturated rings. The van der Waals surface area contributed by atoms with Gasteiger partial charge in [0.25, 0.3) is 0 Å². The van der Waals surface area contributed by atoms with E-state index in [2.05, 4.69) is 15.3 Å². The second-order valence-electron chi connectivity index (χ2n) is 3.31. The Morgan fingerprint density at radius 3 is 3.25 bits per heavy atom. The summed E-state index contributed by atoms with van der Waals surface area (Å²) in [5.74, 6) is 0.631. The van der Waals surface area contributed by atoms with Crippen molar-refractivity contribution in [1.29, 1.82) is 0 Å². The van der Waals surface area contributed by atoms with Gasteiger partial charge in [-0.05, 0) is 12.1 Å². The average Bonchev–Trinajstić information content (AvgIpc) is 2.68. The van der Waals surface area contributed by atoms with Gasteiger partial charge in [-0.2, -0.15) is 0 Å². The SMILES string of the molecule is CC(=O)NCC=Cc1cnc2ncccn12. The minimum Gasteiger partial charge on any atom is -0.353 e. The second-order valence-corrected chi connectivity index (χ2v) is 3.31. The maximum Gasteiger partial charge on any atom is 0.234 e. The van der Waals surface area contributed by atoms with E-state index in [4.69, 9.17) is 0 Å². The van der Waals surface area contributed by atoms with Crippen LogP contribution in [0.15, 0.2) is 30.7 Å². The van der Waals surface area contributed by atoms with Gasteiger partial charge in [-0.15, -0.1) is 0 Å². The quantitative estimate of drug-likeness (QED) is 0.828. The van der Waals surface area contributed by atoms with Crippen LogP contribution in [0.4, 0.5) is 0 Å². The minimum atomic E-state index is -0.0375. The first-order valence-electron chi connectivity index (χ1n) is 4.96. The van der Waals surface area contributed by atoms with Crippen LogP contribution in [0.1, 0.15) is 12.6 Å². The Morgan fingerprint density at radius 2 is 2.44 bits per heavy atom. The van der Waals surface area contributed by atoms with Crippen molar-refractivity contribution in [3.8, 4) is 0 Å². The summed E-state index contributed by atoms with van der Waals surface area (Å²) in [5.41, 5.74) is 0.938. The summed E-state index contributed by atoms with van der Waals surface area (Å²) in [6.45, 7) is 2.01. The lowest BCUT2D eigenvalue weighted by Gasteiger charge is -1.95. The first kappa shape index (κ1) is 10.4. The van der Waals surface area contributed by atoms with Crippen molar-refractivity contribution >= 4 is 17.8 Å². The smallest absolute Gasteiger partial charge is 0.234 e. The molecule has 1 amide bonds. The summed E-state index contributed by atoms with van der Waals surface area (Å²) >= 11 is 0. The standard InChI is InChI=1S/C11H12N4O/c1-9(16)12-5-2-4-10-8-14-11-13-6-3-7-15(10)11/h2-4,6-8H,5H2,1H3,(H,12,16). The van der Waals surface area contributed by atoms with E-state index < -0.39 is 0 Å². The zero-order chi connectivity index (χ0) is 11.4. The molecule has 2 aromatic heterocycles. The molecule has 2 heterocycles. The van der Waals surface area contributed by atoms with E-state index in [1.807, 2.05) is 28.8 Å². The van der Waals surface area contributed by atoms with Gasteiger partial charge in [-0.25, -0.2) is 9.97 Å². The van der Waals surface area contributed by atoms with E-state index in [-0.39, 0.29) is 5.91 Å². The van der Waals surface area contributed by atoms with Gasteiger partial charge in [-0.1, -0.05) is 6.08 Å². The van der Waals surface area contributed by atoms with Gasteiger partial charge in [0.2, 0.25) is 11.7 Å². The lowest BCUT2D eigenvalue weighted by Crippen LogP contribution is -2.19. The number of carbonyl (C=O) groups excluding carboxylic acids is 1. The van der Waals surface area contributed by atoms with E-state index >= 15 is 0 Å². The van der Waals surface area contributed by atoms with Gasteiger partial charge in [0.15, 0.2) is 0 Å². The highest BCUT2D eigenvalue weighted by Gasteiger charge is 1.98. The summed E-state index contributed by atoms with van der Waals surface area (Å²) in [6.07, 6.45) is 9.11. The fourth-order valence-electron chi connectivity index (χ4n) is 1.35. The number of aromatic nitrogens is 3. The Bertz CT molecular complexity index is 530. The van der Waals surface area contributed by atoms with Crippen molar-refractivity contribution < 1.29 is 4.79 Å². The van der Waals surface area contributed by atoms with E-state index in [9.17, 15) is 4.79 Å². The van der Waals surface area contributed by atoms with E-state index in [0.717, 1.165) is 5.69 Å². The monoisotopic (exact) mass is 216 g/mol. The zero-order valence-corrected chi connectivity index (χ0v) is 8.92. The van der Waals surface area contributed by atoms with Crippen molar-refractivity contribution in [3.63, 3.8) is 0 Å². The fourth-order valence-corrected chi connectivity index (χ4v) is 1.35. The second kappa shape index (κ2) is 4.57. The molecule has 5 heteroatoms. The van der Waals surface area contributed by atoms with Gasteiger partial charge < -0.3 is 5.32 Å². The third-order valence-electron chi connectivity index (χ3n) is 2.07. The predicted octanol–water partition coefficient (Wildman–Crippen LogP) is 0.879. The molecule has 0 spiro atoms. The molecule has 1 N–H and O–H groups in total. The first-order valence-corrected chi connectivity index (χ1v) is 4.96. The molecular formula is C11H12N4O. The number of hydrogen-bond donors (Lipinski definition) is 1. The average molecular weight is 216 g/mol. The summed E-state index contributed by atoms with van der Waals surface area (Å²) in [6, 6.07) is 1.85. The minimum absolute atomic E-state index is 0.0375.